The number of carbonyl (C=O) groups is 2. The zero-order chi connectivity index (χ0) is 18.4. The van der Waals surface area contributed by atoms with Gasteiger partial charge in [0.25, 0.3) is 0 Å². The number of carbonyl (C=O) groups excluding carboxylic acids is 1. The van der Waals surface area contributed by atoms with Crippen LogP contribution in [0.25, 0.3) is 10.1 Å². The molecule has 0 aliphatic carbocycles. The molecule has 25 heavy (non-hydrogen) atoms. The number of benzene rings is 2. The van der Waals surface area contributed by atoms with Gasteiger partial charge in [-0.05, 0) is 64.3 Å². The van der Waals surface area contributed by atoms with E-state index < -0.39 is 12.0 Å². The van der Waals surface area contributed by atoms with E-state index in [-0.39, 0.29) is 12.2 Å². The van der Waals surface area contributed by atoms with E-state index in [9.17, 15) is 14.7 Å². The summed E-state index contributed by atoms with van der Waals surface area (Å²) < 4.78 is 5.74. The summed E-state index contributed by atoms with van der Waals surface area (Å²) in [7, 11) is 0. The maximum absolute atomic E-state index is 10.5. The van der Waals surface area contributed by atoms with E-state index in [0.717, 1.165) is 21.9 Å². The molecule has 0 radical (unpaired) electrons. The molecule has 130 valence electrons. The van der Waals surface area contributed by atoms with Gasteiger partial charge in [0.05, 0.1) is 8.27 Å². The maximum atomic E-state index is 10.5. The highest BCUT2D eigenvalue weighted by Gasteiger charge is 2.12. The quantitative estimate of drug-likeness (QED) is 0.399. The molecule has 0 saturated carbocycles. The number of hydrogen-bond acceptors (Lipinski definition) is 6. The molecule has 6 nitrogen and oxygen atoms in total. The first kappa shape index (κ1) is 19.3. The van der Waals surface area contributed by atoms with E-state index >= 15 is 0 Å². The molecule has 2 aromatic carbocycles. The van der Waals surface area contributed by atoms with Gasteiger partial charge in [-0.15, -0.1) is 0 Å². The highest BCUT2D eigenvalue weighted by molar-refractivity contribution is 14.1. The first-order chi connectivity index (χ1) is 11.9. The second-order valence-electron chi connectivity index (χ2n) is 5.12. The van der Waals surface area contributed by atoms with Crippen LogP contribution in [0.4, 0.5) is 0 Å². The van der Waals surface area contributed by atoms with E-state index in [2.05, 4.69) is 4.37 Å². The van der Waals surface area contributed by atoms with Crippen molar-refractivity contribution >= 4 is 56.5 Å². The number of phenols is 1. The van der Waals surface area contributed by atoms with Crippen molar-refractivity contribution in [1.29, 1.82) is 0 Å². The minimum Gasteiger partial charge on any atom is -0.507 e. The van der Waals surface area contributed by atoms with Gasteiger partial charge < -0.3 is 15.9 Å². The van der Waals surface area contributed by atoms with Crippen LogP contribution in [0.3, 0.4) is 0 Å². The molecule has 1 heterocycles. The number of aldehydes is 1. The van der Waals surface area contributed by atoms with Crippen molar-refractivity contribution in [3.05, 3.63) is 57.3 Å². The number of hydrogen-bond donors (Lipinski definition) is 3. The largest absolute Gasteiger partial charge is 0.507 e. The number of halogens is 1. The molecule has 3 rings (SSSR count). The summed E-state index contributed by atoms with van der Waals surface area (Å²) in [6.45, 7) is 0. The van der Waals surface area contributed by atoms with Crippen molar-refractivity contribution in [3.8, 4) is 5.75 Å². The van der Waals surface area contributed by atoms with E-state index in [1.165, 1.54) is 17.6 Å². The SMILES string of the molecule is N[C@@H](Cc1ccc(O)c(I)c1)C(=O)O.O=Cc1nsc2ccccc12. The number of aromatic nitrogens is 1. The monoisotopic (exact) mass is 470 g/mol. The van der Waals surface area contributed by atoms with Gasteiger partial charge in [0.2, 0.25) is 0 Å². The number of rotatable bonds is 4. The van der Waals surface area contributed by atoms with Crippen LogP contribution in [0.15, 0.2) is 42.5 Å². The van der Waals surface area contributed by atoms with Gasteiger partial charge >= 0.3 is 5.97 Å². The average molecular weight is 470 g/mol. The van der Waals surface area contributed by atoms with Crippen molar-refractivity contribution in [2.45, 2.75) is 12.5 Å². The van der Waals surface area contributed by atoms with Gasteiger partial charge in [-0.25, -0.2) is 0 Å². The van der Waals surface area contributed by atoms with Crippen molar-refractivity contribution in [1.82, 2.24) is 4.37 Å². The van der Waals surface area contributed by atoms with Gasteiger partial charge in [0.1, 0.15) is 17.5 Å². The predicted octanol–water partition coefficient (Wildman–Crippen LogP) is 3.06. The molecule has 0 spiro atoms. The lowest BCUT2D eigenvalue weighted by molar-refractivity contribution is -0.138. The molecular weight excluding hydrogens is 455 g/mol. The maximum Gasteiger partial charge on any atom is 0.320 e. The summed E-state index contributed by atoms with van der Waals surface area (Å²) in [4.78, 5) is 20.9. The summed E-state index contributed by atoms with van der Waals surface area (Å²) in [5, 5.41) is 18.8. The van der Waals surface area contributed by atoms with E-state index in [1.807, 2.05) is 46.9 Å². The molecule has 1 aromatic heterocycles. The van der Waals surface area contributed by atoms with Crippen molar-refractivity contribution < 1.29 is 19.8 Å². The number of carboxylic acid groups (broad SMARTS) is 1. The Balaban J connectivity index is 0.000000185. The van der Waals surface area contributed by atoms with Crippen LogP contribution in [0.5, 0.6) is 5.75 Å². The molecule has 8 heteroatoms. The van der Waals surface area contributed by atoms with Gasteiger partial charge in [-0.2, -0.15) is 4.37 Å². The average Bonchev–Trinajstić information content (AvgIpc) is 3.02. The van der Waals surface area contributed by atoms with Crippen LogP contribution in [-0.2, 0) is 11.2 Å². The molecule has 0 saturated heterocycles. The Kier molecular flexibility index (Phi) is 6.85. The lowest BCUT2D eigenvalue weighted by Gasteiger charge is -2.07. The Morgan fingerprint density at radius 1 is 1.32 bits per heavy atom. The molecule has 0 unspecified atom stereocenters. The van der Waals surface area contributed by atoms with Crippen LogP contribution in [0.2, 0.25) is 0 Å². The number of aromatic hydroxyl groups is 1. The number of nitrogens with zero attached hydrogens (tertiary/aromatic N) is 1. The molecule has 0 aliphatic heterocycles. The molecule has 0 fully saturated rings. The predicted molar refractivity (Wildman–Crippen MR) is 105 cm³/mol. The summed E-state index contributed by atoms with van der Waals surface area (Å²) >= 11 is 3.33. The fourth-order valence-corrected chi connectivity index (χ4v) is 3.34. The number of phenolic OH excluding ortho intramolecular Hbond substituents is 1. The highest BCUT2D eigenvalue weighted by Crippen LogP contribution is 2.21. The minimum atomic E-state index is -1.02. The lowest BCUT2D eigenvalue weighted by atomic mass is 10.1. The van der Waals surface area contributed by atoms with Gasteiger partial charge in [0, 0.05) is 5.39 Å². The van der Waals surface area contributed by atoms with Crippen molar-refractivity contribution in [2.75, 3.05) is 0 Å². The number of carboxylic acids is 1. The summed E-state index contributed by atoms with van der Waals surface area (Å²) in [6.07, 6.45) is 1.06. The van der Waals surface area contributed by atoms with Crippen LogP contribution in [0, 0.1) is 3.57 Å². The molecule has 0 amide bonds. The third kappa shape index (κ3) is 5.21. The summed E-state index contributed by atoms with van der Waals surface area (Å²) in [5.74, 6) is -0.827. The Labute approximate surface area is 161 Å². The second-order valence-corrected chi connectivity index (χ2v) is 7.08. The highest BCUT2D eigenvalue weighted by atomic mass is 127. The first-order valence-corrected chi connectivity index (χ1v) is 9.03. The normalized spacial score (nSPS) is 11.4. The Bertz CT molecular complexity index is 897. The van der Waals surface area contributed by atoms with Gasteiger partial charge in [0.15, 0.2) is 6.29 Å². The van der Waals surface area contributed by atoms with Crippen molar-refractivity contribution in [2.24, 2.45) is 5.73 Å². The fourth-order valence-electron chi connectivity index (χ4n) is 2.01. The Morgan fingerprint density at radius 3 is 2.68 bits per heavy atom. The van der Waals surface area contributed by atoms with Gasteiger partial charge in [-0.1, -0.05) is 24.3 Å². The van der Waals surface area contributed by atoms with E-state index in [4.69, 9.17) is 10.8 Å². The number of aliphatic carboxylic acids is 1. The third-order valence-corrected chi connectivity index (χ3v) is 5.01. The zero-order valence-corrected chi connectivity index (χ0v) is 15.9. The molecule has 3 aromatic rings. The fraction of sp³-hybridized carbons (Fsp3) is 0.118. The van der Waals surface area contributed by atoms with Crippen molar-refractivity contribution in [3.63, 3.8) is 0 Å². The van der Waals surface area contributed by atoms with Crippen LogP contribution in [-0.4, -0.2) is 32.9 Å². The smallest absolute Gasteiger partial charge is 0.320 e. The molecular formula is C17H15IN2O4S. The second kappa shape index (κ2) is 8.88. The van der Waals surface area contributed by atoms with Crippen LogP contribution in [0.1, 0.15) is 16.1 Å². The number of fused-ring (bicyclic) bond motifs is 1. The molecule has 4 N–H and O–H groups in total. The molecule has 0 aliphatic rings. The lowest BCUT2D eigenvalue weighted by Crippen LogP contribution is -2.32. The number of nitrogens with two attached hydrogens (primary N) is 1. The Hall–Kier alpha value is -2.04. The standard InChI is InChI=1S/C9H10INO3.C8H5NOS/c10-6-3-5(1-2-8(6)12)4-7(11)9(13)14;10-5-7-6-3-1-2-4-8(6)11-9-7/h1-3,7,12H,4,11H2,(H,13,14);1-5H/t7-;/m0./s1. The molecule has 0 bridgehead atoms. The van der Waals surface area contributed by atoms with Crippen LogP contribution < -0.4 is 5.73 Å². The summed E-state index contributed by atoms with van der Waals surface area (Å²) in [6, 6.07) is 11.7. The third-order valence-electron chi connectivity index (χ3n) is 3.30. The Morgan fingerprint density at radius 2 is 2.04 bits per heavy atom. The van der Waals surface area contributed by atoms with E-state index in [1.54, 1.807) is 12.1 Å². The van der Waals surface area contributed by atoms with Crippen LogP contribution >= 0.6 is 34.1 Å². The topological polar surface area (TPSA) is 114 Å². The van der Waals surface area contributed by atoms with E-state index in [0.29, 0.717) is 9.26 Å². The first-order valence-electron chi connectivity index (χ1n) is 7.17. The molecule has 1 atom stereocenters. The minimum absolute atomic E-state index is 0.193. The van der Waals surface area contributed by atoms with Gasteiger partial charge in [-0.3, -0.25) is 9.59 Å². The zero-order valence-electron chi connectivity index (χ0n) is 12.9. The summed E-state index contributed by atoms with van der Waals surface area (Å²) in [5.41, 5.74) is 6.73.